The number of methoxy groups -OCH3 is 1. The smallest absolute Gasteiger partial charge is 0.377 e. The van der Waals surface area contributed by atoms with Crippen LogP contribution in [0.1, 0.15) is 49.9 Å². The Balaban J connectivity index is 1.67. The summed E-state index contributed by atoms with van der Waals surface area (Å²) >= 11 is 1.40. The van der Waals surface area contributed by atoms with Crippen LogP contribution in [0.25, 0.3) is 0 Å². The first-order valence-corrected chi connectivity index (χ1v) is 10.1. The van der Waals surface area contributed by atoms with Crippen molar-refractivity contribution in [2.45, 2.75) is 32.6 Å². The molecule has 0 aliphatic heterocycles. The van der Waals surface area contributed by atoms with Crippen molar-refractivity contribution in [2.75, 3.05) is 32.2 Å². The summed E-state index contributed by atoms with van der Waals surface area (Å²) in [7, 11) is 1.56. The molecule has 0 unspecified atom stereocenters. The molecule has 0 spiro atoms. The van der Waals surface area contributed by atoms with E-state index in [-0.39, 0.29) is 11.7 Å². The topological polar surface area (TPSA) is 120 Å². The summed E-state index contributed by atoms with van der Waals surface area (Å²) in [5.41, 5.74) is 2.02. The monoisotopic (exact) mass is 421 g/mol. The zero-order valence-corrected chi connectivity index (χ0v) is 17.1. The summed E-state index contributed by atoms with van der Waals surface area (Å²) < 4.78 is 14.7. The van der Waals surface area contributed by atoms with Gasteiger partial charge in [-0.25, -0.2) is 4.79 Å². The summed E-state index contributed by atoms with van der Waals surface area (Å²) in [4.78, 5) is 38.0. The molecule has 2 aromatic rings. The van der Waals surface area contributed by atoms with E-state index in [9.17, 15) is 14.4 Å². The molecule has 3 rings (SSSR count). The van der Waals surface area contributed by atoms with Gasteiger partial charge in [-0.05, 0) is 38.2 Å². The van der Waals surface area contributed by atoms with E-state index in [1.54, 1.807) is 14.0 Å². The normalized spacial score (nSPS) is 12.9. The first-order valence-electron chi connectivity index (χ1n) is 9.31. The van der Waals surface area contributed by atoms with Crippen LogP contribution in [-0.2, 0) is 27.1 Å². The second-order valence-corrected chi connectivity index (χ2v) is 7.73. The van der Waals surface area contributed by atoms with Crippen LogP contribution >= 0.6 is 11.3 Å². The molecule has 0 aromatic carbocycles. The van der Waals surface area contributed by atoms with Crippen LogP contribution in [-0.4, -0.2) is 49.8 Å². The molecule has 9 nitrogen and oxygen atoms in total. The van der Waals surface area contributed by atoms with Crippen molar-refractivity contribution in [2.24, 2.45) is 0 Å². The minimum Gasteiger partial charge on any atom is -0.450 e. The molecule has 1 aliphatic carbocycles. The lowest BCUT2D eigenvalue weighted by atomic mass is 9.95. The minimum atomic E-state index is -0.774. The number of rotatable bonds is 8. The van der Waals surface area contributed by atoms with Gasteiger partial charge in [0.25, 0.3) is 11.8 Å². The fourth-order valence-electron chi connectivity index (χ4n) is 3.07. The molecule has 0 atom stereocenters. The number of hydrogen-bond donors (Lipinski definition) is 2. The van der Waals surface area contributed by atoms with Gasteiger partial charge in [-0.1, -0.05) is 5.16 Å². The molecule has 2 heterocycles. The van der Waals surface area contributed by atoms with E-state index in [0.29, 0.717) is 29.4 Å². The number of nitrogens with zero attached hydrogens (tertiary/aromatic N) is 1. The molecular weight excluding hydrogens is 398 g/mol. The van der Waals surface area contributed by atoms with E-state index in [1.807, 2.05) is 0 Å². The van der Waals surface area contributed by atoms with Gasteiger partial charge in [0.15, 0.2) is 6.61 Å². The summed E-state index contributed by atoms with van der Waals surface area (Å²) in [5, 5.41) is 9.60. The van der Waals surface area contributed by atoms with Crippen molar-refractivity contribution < 1.29 is 28.4 Å². The third kappa shape index (κ3) is 5.21. The van der Waals surface area contributed by atoms with Crippen LogP contribution in [0.3, 0.4) is 0 Å². The molecule has 1 aliphatic rings. The predicted octanol–water partition coefficient (Wildman–Crippen LogP) is 2.10. The van der Waals surface area contributed by atoms with Gasteiger partial charge in [-0.2, -0.15) is 0 Å². The third-order valence-corrected chi connectivity index (χ3v) is 5.61. The number of carbonyl (C=O) groups excluding carboxylic acids is 3. The first-order chi connectivity index (χ1) is 14.0. The molecular formula is C19H23N3O6S. The quantitative estimate of drug-likeness (QED) is 0.495. The lowest BCUT2D eigenvalue weighted by Gasteiger charge is -2.13. The number of thiophene rings is 1. The van der Waals surface area contributed by atoms with E-state index in [0.717, 1.165) is 36.1 Å². The largest absolute Gasteiger partial charge is 0.450 e. The van der Waals surface area contributed by atoms with Crippen LogP contribution in [0, 0.1) is 6.92 Å². The molecule has 2 aromatic heterocycles. The average Bonchev–Trinajstić information content (AvgIpc) is 3.29. The van der Waals surface area contributed by atoms with Crippen LogP contribution in [0.4, 0.5) is 5.00 Å². The summed E-state index contributed by atoms with van der Waals surface area (Å²) in [6, 6.07) is 1.43. The molecule has 0 saturated heterocycles. The van der Waals surface area contributed by atoms with Gasteiger partial charge in [0.1, 0.15) is 5.00 Å². The zero-order chi connectivity index (χ0) is 20.8. The summed E-state index contributed by atoms with van der Waals surface area (Å²) in [6.45, 7) is 1.95. The molecule has 0 bridgehead atoms. The fraction of sp³-hybridized carbons (Fsp3) is 0.474. The van der Waals surface area contributed by atoms with Gasteiger partial charge in [0.2, 0.25) is 5.76 Å². The molecule has 29 heavy (non-hydrogen) atoms. The Morgan fingerprint density at radius 1 is 1.28 bits per heavy atom. The number of amides is 2. The second-order valence-electron chi connectivity index (χ2n) is 6.62. The Labute approximate surface area is 171 Å². The molecule has 2 amide bonds. The average molecular weight is 421 g/mol. The number of nitrogens with one attached hydrogen (secondary N) is 2. The lowest BCUT2D eigenvalue weighted by Crippen LogP contribution is -2.29. The Hall–Kier alpha value is -2.72. The fourth-order valence-corrected chi connectivity index (χ4v) is 4.38. The highest BCUT2D eigenvalue weighted by Gasteiger charge is 2.26. The molecule has 156 valence electrons. The van der Waals surface area contributed by atoms with Crippen LogP contribution in [0.5, 0.6) is 0 Å². The minimum absolute atomic E-state index is 0.0694. The predicted molar refractivity (Wildman–Crippen MR) is 105 cm³/mol. The maximum atomic E-state index is 12.7. The van der Waals surface area contributed by atoms with E-state index >= 15 is 0 Å². The van der Waals surface area contributed by atoms with Crippen molar-refractivity contribution >= 4 is 34.1 Å². The Kier molecular flexibility index (Phi) is 6.99. The number of aromatic nitrogens is 1. The maximum absolute atomic E-state index is 12.7. The van der Waals surface area contributed by atoms with Gasteiger partial charge < -0.3 is 24.6 Å². The Morgan fingerprint density at radius 2 is 2.07 bits per heavy atom. The number of esters is 1. The summed E-state index contributed by atoms with van der Waals surface area (Å²) in [6.07, 6.45) is 3.74. The summed E-state index contributed by atoms with van der Waals surface area (Å²) in [5.74, 6) is -1.62. The highest BCUT2D eigenvalue weighted by molar-refractivity contribution is 7.17. The lowest BCUT2D eigenvalue weighted by molar-refractivity contribution is -0.119. The molecule has 0 saturated carbocycles. The number of aryl methyl sites for hydroxylation is 2. The van der Waals surface area contributed by atoms with Crippen LogP contribution in [0.15, 0.2) is 10.6 Å². The van der Waals surface area contributed by atoms with Crippen molar-refractivity contribution in [3.05, 3.63) is 33.5 Å². The van der Waals surface area contributed by atoms with E-state index < -0.39 is 18.5 Å². The van der Waals surface area contributed by atoms with Crippen molar-refractivity contribution in [3.8, 4) is 0 Å². The highest BCUT2D eigenvalue weighted by atomic mass is 32.1. The molecule has 0 fully saturated rings. The van der Waals surface area contributed by atoms with Gasteiger partial charge in [0.05, 0.1) is 17.9 Å². The number of ether oxygens (including phenoxy) is 2. The van der Waals surface area contributed by atoms with E-state index in [1.165, 1.54) is 17.4 Å². The number of fused-ring (bicyclic) bond motifs is 1. The SMILES string of the molecule is COCCNC(=O)c1c(NC(=O)COC(=O)c2cc(C)no2)sc2c1CCCC2. The van der Waals surface area contributed by atoms with Crippen molar-refractivity contribution in [3.63, 3.8) is 0 Å². The molecule has 2 N–H and O–H groups in total. The molecule has 0 radical (unpaired) electrons. The van der Waals surface area contributed by atoms with Crippen molar-refractivity contribution in [1.82, 2.24) is 10.5 Å². The zero-order valence-electron chi connectivity index (χ0n) is 16.3. The second kappa shape index (κ2) is 9.66. The van der Waals surface area contributed by atoms with Gasteiger partial charge in [-0.15, -0.1) is 11.3 Å². The number of carbonyl (C=O) groups is 3. The number of hydrogen-bond acceptors (Lipinski definition) is 8. The first kappa shape index (κ1) is 21.0. The molecule has 10 heteroatoms. The van der Waals surface area contributed by atoms with E-state index in [4.69, 9.17) is 14.0 Å². The van der Waals surface area contributed by atoms with Gasteiger partial charge in [-0.3, -0.25) is 9.59 Å². The van der Waals surface area contributed by atoms with Crippen molar-refractivity contribution in [1.29, 1.82) is 0 Å². The number of anilines is 1. The van der Waals surface area contributed by atoms with Crippen LogP contribution < -0.4 is 10.6 Å². The standard InChI is InChI=1S/C19H23N3O6S/c1-11-9-13(28-22-11)19(25)27-10-15(23)21-18-16(17(24)20-7-8-26-2)12-5-3-4-6-14(12)29-18/h9H,3-8,10H2,1-2H3,(H,20,24)(H,21,23). The van der Waals surface area contributed by atoms with Crippen LogP contribution in [0.2, 0.25) is 0 Å². The van der Waals surface area contributed by atoms with Gasteiger partial charge in [0, 0.05) is 24.6 Å². The Morgan fingerprint density at radius 3 is 2.79 bits per heavy atom. The maximum Gasteiger partial charge on any atom is 0.377 e. The van der Waals surface area contributed by atoms with E-state index in [2.05, 4.69) is 15.8 Å². The Bertz CT molecular complexity index is 904. The van der Waals surface area contributed by atoms with Gasteiger partial charge >= 0.3 is 5.97 Å². The third-order valence-electron chi connectivity index (χ3n) is 4.41. The highest BCUT2D eigenvalue weighted by Crippen LogP contribution is 2.38.